The summed E-state index contributed by atoms with van der Waals surface area (Å²) in [7, 11) is 0. The monoisotopic (exact) mass is 351 g/mol. The molecule has 7 heteroatoms. The number of nitrogens with zero attached hydrogens (tertiary/aromatic N) is 5. The van der Waals surface area contributed by atoms with Gasteiger partial charge in [-0.2, -0.15) is 0 Å². The molecule has 3 heterocycles. The smallest absolute Gasteiger partial charge is 0.187 e. The molecule has 2 aliphatic heterocycles. The van der Waals surface area contributed by atoms with Crippen molar-refractivity contribution in [2.75, 3.05) is 63.5 Å². The van der Waals surface area contributed by atoms with E-state index in [9.17, 15) is 0 Å². The highest BCUT2D eigenvalue weighted by Crippen LogP contribution is 2.17. The summed E-state index contributed by atoms with van der Waals surface area (Å²) < 4.78 is 5.81. The zero-order valence-corrected chi connectivity index (χ0v) is 15.8. The Kier molecular flexibility index (Phi) is 6.32. The quantitative estimate of drug-likeness (QED) is 0.544. The first-order chi connectivity index (χ1) is 11.6. The Morgan fingerprint density at radius 2 is 1.71 bits per heavy atom. The number of aromatic nitrogens is 2. The number of hydrogen-bond acceptors (Lipinski definition) is 7. The summed E-state index contributed by atoms with van der Waals surface area (Å²) in [6.07, 6.45) is 6.70. The number of likely N-dealkylation sites (tertiary alicyclic amines) is 1. The number of rotatable bonds is 7. The van der Waals surface area contributed by atoms with Gasteiger partial charge in [0.15, 0.2) is 5.16 Å². The van der Waals surface area contributed by atoms with Crippen LogP contribution in [-0.2, 0) is 4.74 Å². The molecule has 0 spiro atoms. The fourth-order valence-electron chi connectivity index (χ4n) is 3.27. The third-order valence-corrected chi connectivity index (χ3v) is 5.23. The van der Waals surface area contributed by atoms with Crippen LogP contribution < -0.4 is 4.90 Å². The van der Waals surface area contributed by atoms with Gasteiger partial charge in [0.1, 0.15) is 0 Å². The summed E-state index contributed by atoms with van der Waals surface area (Å²) in [5.74, 6) is 0. The molecule has 134 valence electrons. The molecule has 3 rings (SSSR count). The second-order valence-electron chi connectivity index (χ2n) is 6.82. The number of ether oxygens (including phenoxy) is 1. The summed E-state index contributed by atoms with van der Waals surface area (Å²) in [6.45, 7) is 13.1. The van der Waals surface area contributed by atoms with Crippen molar-refractivity contribution >= 4 is 17.4 Å². The van der Waals surface area contributed by atoms with Gasteiger partial charge in [0, 0.05) is 52.4 Å². The van der Waals surface area contributed by atoms with Crippen LogP contribution in [0.1, 0.15) is 13.8 Å². The first-order valence-electron chi connectivity index (χ1n) is 8.85. The lowest BCUT2D eigenvalue weighted by molar-refractivity contribution is -0.0819. The standard InChI is InChI=1S/C17H29N5OS/c1-14(2)23-16-12-21(13-16)5-4-20-6-8-22(9-7-20)15-10-18-17(24-3)19-11-15/h10-11,14,16H,4-9,12-13H2,1-3H3. The fourth-order valence-corrected chi connectivity index (χ4v) is 3.58. The van der Waals surface area contributed by atoms with Gasteiger partial charge in [0.2, 0.25) is 0 Å². The van der Waals surface area contributed by atoms with Gasteiger partial charge in [-0.05, 0) is 20.1 Å². The summed E-state index contributed by atoms with van der Waals surface area (Å²) in [5.41, 5.74) is 1.14. The van der Waals surface area contributed by atoms with Crippen LogP contribution in [0.4, 0.5) is 5.69 Å². The van der Waals surface area contributed by atoms with Crippen LogP contribution in [0, 0.1) is 0 Å². The van der Waals surface area contributed by atoms with Gasteiger partial charge < -0.3 is 9.64 Å². The number of anilines is 1. The fraction of sp³-hybridized carbons (Fsp3) is 0.765. The van der Waals surface area contributed by atoms with Gasteiger partial charge in [-0.25, -0.2) is 9.97 Å². The van der Waals surface area contributed by atoms with E-state index in [1.54, 1.807) is 11.8 Å². The van der Waals surface area contributed by atoms with E-state index >= 15 is 0 Å². The van der Waals surface area contributed by atoms with Crippen molar-refractivity contribution in [2.24, 2.45) is 0 Å². The second-order valence-corrected chi connectivity index (χ2v) is 7.60. The van der Waals surface area contributed by atoms with Crippen LogP contribution in [0.2, 0.25) is 0 Å². The highest BCUT2D eigenvalue weighted by atomic mass is 32.2. The molecule has 1 aromatic rings. The van der Waals surface area contributed by atoms with Crippen LogP contribution in [0.5, 0.6) is 0 Å². The van der Waals surface area contributed by atoms with Crippen molar-refractivity contribution in [3.8, 4) is 0 Å². The van der Waals surface area contributed by atoms with Gasteiger partial charge in [0.05, 0.1) is 30.3 Å². The van der Waals surface area contributed by atoms with Gasteiger partial charge >= 0.3 is 0 Å². The van der Waals surface area contributed by atoms with Crippen molar-refractivity contribution in [2.45, 2.75) is 31.2 Å². The minimum Gasteiger partial charge on any atom is -0.373 e. The lowest BCUT2D eigenvalue weighted by Crippen LogP contribution is -2.56. The summed E-state index contributed by atoms with van der Waals surface area (Å²) in [4.78, 5) is 16.2. The predicted molar refractivity (Wildman–Crippen MR) is 98.9 cm³/mol. The molecule has 0 aromatic carbocycles. The van der Waals surface area contributed by atoms with Crippen molar-refractivity contribution < 1.29 is 4.74 Å². The van der Waals surface area contributed by atoms with Crippen LogP contribution in [-0.4, -0.2) is 90.6 Å². The van der Waals surface area contributed by atoms with Gasteiger partial charge in [-0.3, -0.25) is 9.80 Å². The van der Waals surface area contributed by atoms with Crippen molar-refractivity contribution in [3.05, 3.63) is 12.4 Å². The average molecular weight is 352 g/mol. The van der Waals surface area contributed by atoms with Gasteiger partial charge in [-0.1, -0.05) is 11.8 Å². The maximum atomic E-state index is 5.81. The molecule has 1 aromatic heterocycles. The SMILES string of the molecule is CSc1ncc(N2CCN(CCN3CC(OC(C)C)C3)CC2)cn1. The molecular formula is C17H29N5OS. The van der Waals surface area contributed by atoms with Crippen LogP contribution in [0.25, 0.3) is 0 Å². The topological polar surface area (TPSA) is 44.7 Å². The van der Waals surface area contributed by atoms with E-state index in [1.165, 1.54) is 0 Å². The van der Waals surface area contributed by atoms with Gasteiger partial charge in [0.25, 0.3) is 0 Å². The molecule has 2 saturated heterocycles. The molecule has 0 atom stereocenters. The molecular weight excluding hydrogens is 322 g/mol. The highest BCUT2D eigenvalue weighted by molar-refractivity contribution is 7.98. The van der Waals surface area contributed by atoms with Crippen LogP contribution >= 0.6 is 11.8 Å². The molecule has 6 nitrogen and oxygen atoms in total. The van der Waals surface area contributed by atoms with E-state index in [-0.39, 0.29) is 0 Å². The normalized spacial score (nSPS) is 20.6. The first-order valence-corrected chi connectivity index (χ1v) is 10.1. The highest BCUT2D eigenvalue weighted by Gasteiger charge is 2.28. The van der Waals surface area contributed by atoms with Gasteiger partial charge in [-0.15, -0.1) is 0 Å². The zero-order chi connectivity index (χ0) is 16.9. The predicted octanol–water partition coefficient (Wildman–Crippen LogP) is 1.43. The first kappa shape index (κ1) is 17.9. The summed E-state index contributed by atoms with van der Waals surface area (Å²) in [6, 6.07) is 0. The summed E-state index contributed by atoms with van der Waals surface area (Å²) in [5, 5.41) is 0.840. The average Bonchev–Trinajstić information content (AvgIpc) is 2.57. The maximum absolute atomic E-state index is 5.81. The third kappa shape index (κ3) is 4.81. The van der Waals surface area contributed by atoms with E-state index < -0.39 is 0 Å². The van der Waals surface area contributed by atoms with E-state index in [0.29, 0.717) is 12.2 Å². The maximum Gasteiger partial charge on any atom is 0.187 e. The lowest BCUT2D eigenvalue weighted by atomic mass is 10.1. The minimum absolute atomic E-state index is 0.346. The Balaban J connectivity index is 1.34. The van der Waals surface area contributed by atoms with E-state index in [2.05, 4.69) is 38.5 Å². The van der Waals surface area contributed by atoms with Crippen molar-refractivity contribution in [1.29, 1.82) is 0 Å². The molecule has 0 bridgehead atoms. The summed E-state index contributed by atoms with van der Waals surface area (Å²) >= 11 is 1.58. The third-order valence-electron chi connectivity index (χ3n) is 4.66. The van der Waals surface area contributed by atoms with Crippen molar-refractivity contribution in [3.63, 3.8) is 0 Å². The molecule has 0 aliphatic carbocycles. The Morgan fingerprint density at radius 1 is 1.08 bits per heavy atom. The van der Waals surface area contributed by atoms with E-state index in [4.69, 9.17) is 4.74 Å². The number of hydrogen-bond donors (Lipinski definition) is 0. The molecule has 2 fully saturated rings. The van der Waals surface area contributed by atoms with E-state index in [0.717, 1.165) is 63.2 Å². The molecule has 0 radical (unpaired) electrons. The molecule has 0 saturated carbocycles. The lowest BCUT2D eigenvalue weighted by Gasteiger charge is -2.42. The Morgan fingerprint density at radius 3 is 2.29 bits per heavy atom. The molecule has 0 amide bonds. The number of thioether (sulfide) groups is 1. The molecule has 0 unspecified atom stereocenters. The van der Waals surface area contributed by atoms with Crippen LogP contribution in [0.15, 0.2) is 17.6 Å². The second kappa shape index (κ2) is 8.47. The van der Waals surface area contributed by atoms with Crippen molar-refractivity contribution in [1.82, 2.24) is 19.8 Å². The van der Waals surface area contributed by atoms with Crippen LogP contribution in [0.3, 0.4) is 0 Å². The Labute approximate surface area is 149 Å². The Bertz CT molecular complexity index is 498. The zero-order valence-electron chi connectivity index (χ0n) is 15.0. The molecule has 2 aliphatic rings. The molecule has 24 heavy (non-hydrogen) atoms. The largest absolute Gasteiger partial charge is 0.373 e. The Hall–Kier alpha value is -0.890. The molecule has 0 N–H and O–H groups in total. The van der Waals surface area contributed by atoms with E-state index in [1.807, 2.05) is 18.6 Å². The minimum atomic E-state index is 0.346. The number of piperazine rings is 1.